The lowest BCUT2D eigenvalue weighted by atomic mass is 9.58. The molecule has 0 aromatic carbocycles. The molecular formula is C18H31N3O3Si. The maximum atomic E-state index is 12.7. The van der Waals surface area contributed by atoms with Crippen molar-refractivity contribution in [3.63, 3.8) is 0 Å². The van der Waals surface area contributed by atoms with E-state index >= 15 is 0 Å². The van der Waals surface area contributed by atoms with Crippen LogP contribution in [0.25, 0.3) is 0 Å². The Hall–Kier alpha value is -1.21. The van der Waals surface area contributed by atoms with E-state index in [9.17, 15) is 9.59 Å². The molecule has 2 aliphatic carbocycles. The molecular weight excluding hydrogens is 334 g/mol. The second kappa shape index (κ2) is 6.83. The molecule has 0 atom stereocenters. The molecule has 0 amide bonds. The lowest BCUT2D eigenvalue weighted by molar-refractivity contribution is -0.124. The van der Waals surface area contributed by atoms with Gasteiger partial charge in [-0.3, -0.25) is 9.36 Å². The summed E-state index contributed by atoms with van der Waals surface area (Å²) in [5, 5.41) is 4.39. The number of carbonyl (C=O) groups is 1. The van der Waals surface area contributed by atoms with E-state index in [1.54, 1.807) is 0 Å². The summed E-state index contributed by atoms with van der Waals surface area (Å²) >= 11 is 0. The van der Waals surface area contributed by atoms with Gasteiger partial charge in [-0.15, -0.1) is 0 Å². The minimum atomic E-state index is -1.12. The van der Waals surface area contributed by atoms with Crippen molar-refractivity contribution < 1.29 is 9.53 Å². The van der Waals surface area contributed by atoms with Gasteiger partial charge in [-0.2, -0.15) is 9.78 Å². The molecule has 2 fully saturated rings. The first kappa shape index (κ1) is 18.6. The van der Waals surface area contributed by atoms with Gasteiger partial charge in [0.25, 0.3) is 0 Å². The molecule has 1 aromatic rings. The number of ether oxygens (including phenoxy) is 1. The fourth-order valence-corrected chi connectivity index (χ4v) is 4.91. The monoisotopic (exact) mass is 365 g/mol. The third-order valence-electron chi connectivity index (χ3n) is 5.82. The number of rotatable bonds is 6. The van der Waals surface area contributed by atoms with Crippen molar-refractivity contribution in [3.05, 3.63) is 16.3 Å². The Bertz CT molecular complexity index is 683. The largest absolute Gasteiger partial charge is 0.359 e. The van der Waals surface area contributed by atoms with E-state index in [2.05, 4.69) is 24.7 Å². The van der Waals surface area contributed by atoms with Gasteiger partial charge in [-0.1, -0.05) is 19.6 Å². The van der Waals surface area contributed by atoms with E-state index in [4.69, 9.17) is 4.74 Å². The molecule has 0 bridgehead atoms. The SMILES string of the molecule is Cc1nn(COCC[Si](C)(C)C)c(=O)n1C1CC2(CCC(=O)CC2)C1. The molecule has 6 nitrogen and oxygen atoms in total. The number of Topliss-reactive ketones (excluding diaryl/α,β-unsaturated/α-hetero) is 1. The molecule has 0 aliphatic heterocycles. The van der Waals surface area contributed by atoms with E-state index < -0.39 is 8.07 Å². The lowest BCUT2D eigenvalue weighted by Gasteiger charge is -2.50. The third-order valence-corrected chi connectivity index (χ3v) is 7.53. The normalized spacial score (nSPS) is 20.9. The van der Waals surface area contributed by atoms with E-state index in [0.717, 1.165) is 37.6 Å². The van der Waals surface area contributed by atoms with Crippen molar-refractivity contribution in [1.29, 1.82) is 0 Å². The number of hydrogen-bond donors (Lipinski definition) is 0. The molecule has 7 heteroatoms. The summed E-state index contributed by atoms with van der Waals surface area (Å²) in [5.41, 5.74) is 0.234. The third kappa shape index (κ3) is 4.14. The molecule has 0 N–H and O–H groups in total. The zero-order valence-corrected chi connectivity index (χ0v) is 17.0. The van der Waals surface area contributed by atoms with Crippen molar-refractivity contribution in [2.75, 3.05) is 6.61 Å². The van der Waals surface area contributed by atoms with Crippen LogP contribution in [0.2, 0.25) is 25.7 Å². The Morgan fingerprint density at radius 1 is 1.20 bits per heavy atom. The molecule has 1 spiro atoms. The highest BCUT2D eigenvalue weighted by atomic mass is 28.3. The summed E-state index contributed by atoms with van der Waals surface area (Å²) in [6.07, 6.45) is 5.41. The van der Waals surface area contributed by atoms with Gasteiger partial charge in [0.05, 0.1) is 0 Å². The van der Waals surface area contributed by atoms with E-state index in [-0.39, 0.29) is 18.5 Å². The molecule has 3 rings (SSSR count). The number of hydrogen-bond acceptors (Lipinski definition) is 4. The molecule has 25 heavy (non-hydrogen) atoms. The number of aromatic nitrogens is 3. The molecule has 1 aromatic heterocycles. The molecule has 2 aliphatic rings. The van der Waals surface area contributed by atoms with Crippen molar-refractivity contribution in [1.82, 2.24) is 14.3 Å². The van der Waals surface area contributed by atoms with E-state index in [1.807, 2.05) is 11.5 Å². The van der Waals surface area contributed by atoms with Gasteiger partial charge in [0, 0.05) is 33.6 Å². The van der Waals surface area contributed by atoms with Crippen LogP contribution in [-0.4, -0.2) is 34.8 Å². The minimum absolute atomic E-state index is 0.0581. The second-order valence-corrected chi connectivity index (χ2v) is 14.8. The minimum Gasteiger partial charge on any atom is -0.359 e. The summed E-state index contributed by atoms with van der Waals surface area (Å²) in [7, 11) is -1.12. The Balaban J connectivity index is 1.58. The molecule has 0 radical (unpaired) electrons. The average Bonchev–Trinajstić information content (AvgIpc) is 2.76. The van der Waals surface area contributed by atoms with Crippen LogP contribution in [0.3, 0.4) is 0 Å². The Kier molecular flexibility index (Phi) is 5.08. The molecule has 140 valence electrons. The van der Waals surface area contributed by atoms with Crippen LogP contribution in [0.15, 0.2) is 4.79 Å². The van der Waals surface area contributed by atoms with Crippen LogP contribution in [0.4, 0.5) is 0 Å². The fraction of sp³-hybridized carbons (Fsp3) is 0.833. The van der Waals surface area contributed by atoms with Crippen LogP contribution >= 0.6 is 0 Å². The summed E-state index contributed by atoms with van der Waals surface area (Å²) in [4.78, 5) is 24.1. The number of nitrogens with zero attached hydrogens (tertiary/aromatic N) is 3. The first-order chi connectivity index (χ1) is 11.7. The summed E-state index contributed by atoms with van der Waals surface area (Å²) in [5.74, 6) is 1.16. The van der Waals surface area contributed by atoms with Gasteiger partial charge in [0.1, 0.15) is 18.3 Å². The Morgan fingerprint density at radius 3 is 2.44 bits per heavy atom. The van der Waals surface area contributed by atoms with Gasteiger partial charge < -0.3 is 4.74 Å². The first-order valence-electron chi connectivity index (χ1n) is 9.45. The highest BCUT2D eigenvalue weighted by Crippen LogP contribution is 2.55. The van der Waals surface area contributed by atoms with Crippen LogP contribution in [0.1, 0.15) is 50.4 Å². The average molecular weight is 366 g/mol. The fourth-order valence-electron chi connectivity index (χ4n) is 4.15. The van der Waals surface area contributed by atoms with Crippen molar-refractivity contribution >= 4 is 13.9 Å². The van der Waals surface area contributed by atoms with Crippen molar-refractivity contribution in [3.8, 4) is 0 Å². The zero-order valence-electron chi connectivity index (χ0n) is 16.0. The Morgan fingerprint density at radius 2 is 1.84 bits per heavy atom. The second-order valence-electron chi connectivity index (χ2n) is 9.15. The molecule has 0 saturated heterocycles. The highest BCUT2D eigenvalue weighted by Gasteiger charge is 2.47. The highest BCUT2D eigenvalue weighted by molar-refractivity contribution is 6.76. The quantitative estimate of drug-likeness (QED) is 0.574. The summed E-state index contributed by atoms with van der Waals surface area (Å²) < 4.78 is 8.97. The summed E-state index contributed by atoms with van der Waals surface area (Å²) in [6, 6.07) is 1.32. The molecule has 1 heterocycles. The van der Waals surface area contributed by atoms with E-state index in [0.29, 0.717) is 30.6 Å². The van der Waals surface area contributed by atoms with Crippen LogP contribution in [0.5, 0.6) is 0 Å². The maximum absolute atomic E-state index is 12.7. The lowest BCUT2D eigenvalue weighted by Crippen LogP contribution is -2.44. The number of carbonyl (C=O) groups excluding carboxylic acids is 1. The topological polar surface area (TPSA) is 66.1 Å². The van der Waals surface area contributed by atoms with Crippen LogP contribution < -0.4 is 5.69 Å². The number of ketones is 1. The maximum Gasteiger partial charge on any atom is 0.348 e. The number of aryl methyl sites for hydroxylation is 1. The summed E-state index contributed by atoms with van der Waals surface area (Å²) in [6.45, 7) is 9.76. The predicted molar refractivity (Wildman–Crippen MR) is 99.5 cm³/mol. The van der Waals surface area contributed by atoms with Crippen molar-refractivity contribution in [2.24, 2.45) is 5.41 Å². The van der Waals surface area contributed by atoms with Gasteiger partial charge >= 0.3 is 5.69 Å². The van der Waals surface area contributed by atoms with Crippen LogP contribution in [-0.2, 0) is 16.3 Å². The predicted octanol–water partition coefficient (Wildman–Crippen LogP) is 3.13. The molecule has 0 unspecified atom stereocenters. The standard InChI is InChI=1S/C18H31N3O3Si/c1-14-19-20(13-24-9-10-25(2,3)4)17(23)21(14)15-11-18(12-15)7-5-16(22)6-8-18/h15H,5-13H2,1-4H3. The van der Waals surface area contributed by atoms with Gasteiger partial charge in [-0.05, 0) is 44.1 Å². The van der Waals surface area contributed by atoms with Gasteiger partial charge in [0.15, 0.2) is 0 Å². The zero-order chi connectivity index (χ0) is 18.2. The van der Waals surface area contributed by atoms with Gasteiger partial charge in [0.2, 0.25) is 0 Å². The van der Waals surface area contributed by atoms with E-state index in [1.165, 1.54) is 4.68 Å². The van der Waals surface area contributed by atoms with Crippen molar-refractivity contribution in [2.45, 2.75) is 83.9 Å². The van der Waals surface area contributed by atoms with Gasteiger partial charge in [-0.25, -0.2) is 4.79 Å². The Labute approximate surface area is 150 Å². The molecule has 2 saturated carbocycles. The van der Waals surface area contributed by atoms with Crippen LogP contribution in [0, 0.1) is 12.3 Å². The first-order valence-corrected chi connectivity index (χ1v) is 13.2. The smallest absolute Gasteiger partial charge is 0.348 e.